The van der Waals surface area contributed by atoms with Gasteiger partial charge in [-0.1, -0.05) is 5.21 Å². The van der Waals surface area contributed by atoms with E-state index in [2.05, 4.69) is 20.0 Å². The van der Waals surface area contributed by atoms with Crippen molar-refractivity contribution >= 4 is 17.1 Å². The maximum atomic E-state index is 12.6. The highest BCUT2D eigenvalue weighted by Gasteiger charge is 2.31. The first-order chi connectivity index (χ1) is 13.2. The highest BCUT2D eigenvalue weighted by molar-refractivity contribution is 5.75. The van der Waals surface area contributed by atoms with Crippen LogP contribution in [0.4, 0.5) is 13.2 Å². The average Bonchev–Trinajstić information content (AvgIpc) is 3.06. The van der Waals surface area contributed by atoms with E-state index in [0.29, 0.717) is 5.69 Å². The second kappa shape index (κ2) is 7.29. The third-order valence-corrected chi connectivity index (χ3v) is 3.75. The molecule has 0 saturated heterocycles. The maximum absolute atomic E-state index is 12.6. The Morgan fingerprint density at radius 3 is 2.54 bits per heavy atom. The summed E-state index contributed by atoms with van der Waals surface area (Å²) >= 11 is 0. The first-order valence-corrected chi connectivity index (χ1v) is 8.06. The van der Waals surface area contributed by atoms with E-state index in [0.717, 1.165) is 23.0 Å². The Kier molecular flexibility index (Phi) is 5.03. The summed E-state index contributed by atoms with van der Waals surface area (Å²) in [5, 5.41) is 7.60. The molecule has 28 heavy (non-hydrogen) atoms. The molecule has 0 bridgehead atoms. The molecule has 3 aromatic rings. The smallest absolute Gasteiger partial charge is 0.464 e. The van der Waals surface area contributed by atoms with Gasteiger partial charge in [-0.05, 0) is 38.1 Å². The molecule has 1 unspecified atom stereocenters. The van der Waals surface area contributed by atoms with Gasteiger partial charge in [0.25, 0.3) is 5.56 Å². The van der Waals surface area contributed by atoms with Gasteiger partial charge in [-0.15, -0.1) is 18.3 Å². The van der Waals surface area contributed by atoms with E-state index < -0.39 is 29.7 Å². The molecule has 0 N–H and O–H groups in total. The van der Waals surface area contributed by atoms with Crippen molar-refractivity contribution in [3.63, 3.8) is 0 Å². The monoisotopic (exact) mass is 397 g/mol. The van der Waals surface area contributed by atoms with Crippen LogP contribution in [0.5, 0.6) is 5.75 Å². The molecular formula is C16H14F3N5O4. The molecule has 0 spiro atoms. The molecular weight excluding hydrogens is 383 g/mol. The number of hydrogen-bond donors (Lipinski definition) is 0. The number of benzene rings is 1. The second-order valence-electron chi connectivity index (χ2n) is 5.60. The number of carbonyl (C=O) groups is 1. The van der Waals surface area contributed by atoms with Crippen molar-refractivity contribution in [2.75, 3.05) is 6.61 Å². The topological polar surface area (TPSA) is 101 Å². The summed E-state index contributed by atoms with van der Waals surface area (Å²) in [5.74, 6) is -1.00. The summed E-state index contributed by atoms with van der Waals surface area (Å²) in [6.07, 6.45) is -3.64. The van der Waals surface area contributed by atoms with Gasteiger partial charge in [0.15, 0.2) is 11.2 Å². The highest BCUT2D eigenvalue weighted by Crippen LogP contribution is 2.24. The van der Waals surface area contributed by atoms with Gasteiger partial charge >= 0.3 is 12.3 Å². The summed E-state index contributed by atoms with van der Waals surface area (Å²) < 4.78 is 47.7. The van der Waals surface area contributed by atoms with Crippen LogP contribution in [-0.4, -0.2) is 43.5 Å². The van der Waals surface area contributed by atoms with Crippen LogP contribution in [0.15, 0.2) is 35.4 Å². The lowest BCUT2D eigenvalue weighted by atomic mass is 10.3. The lowest BCUT2D eigenvalue weighted by molar-refractivity contribution is -0.274. The molecule has 1 atom stereocenters. The number of aromatic nitrogens is 5. The van der Waals surface area contributed by atoms with Crippen molar-refractivity contribution in [2.45, 2.75) is 26.3 Å². The van der Waals surface area contributed by atoms with Crippen LogP contribution < -0.4 is 10.3 Å². The fourth-order valence-electron chi connectivity index (χ4n) is 2.44. The lowest BCUT2D eigenvalue weighted by Gasteiger charge is -2.12. The van der Waals surface area contributed by atoms with E-state index in [4.69, 9.17) is 4.74 Å². The van der Waals surface area contributed by atoms with E-state index >= 15 is 0 Å². The predicted octanol–water partition coefficient (Wildman–Crippen LogP) is 2.00. The van der Waals surface area contributed by atoms with E-state index in [1.807, 2.05) is 0 Å². The molecule has 0 aliphatic carbocycles. The number of alkyl halides is 3. The predicted molar refractivity (Wildman–Crippen MR) is 88.9 cm³/mol. The average molecular weight is 397 g/mol. The summed E-state index contributed by atoms with van der Waals surface area (Å²) in [5.41, 5.74) is -0.301. The molecule has 1 aromatic carbocycles. The van der Waals surface area contributed by atoms with Crippen molar-refractivity contribution in [1.82, 2.24) is 24.5 Å². The third-order valence-electron chi connectivity index (χ3n) is 3.75. The largest absolute Gasteiger partial charge is 0.573 e. The van der Waals surface area contributed by atoms with Gasteiger partial charge in [0.2, 0.25) is 0 Å². The van der Waals surface area contributed by atoms with Gasteiger partial charge < -0.3 is 9.47 Å². The number of carbonyl (C=O) groups excluding carboxylic acids is 1. The Hall–Kier alpha value is -3.44. The number of ether oxygens (including phenoxy) is 2. The molecule has 0 fully saturated rings. The maximum Gasteiger partial charge on any atom is 0.573 e. The Labute approximate surface area is 155 Å². The Bertz CT molecular complexity index is 1060. The standard InChI is InChI=1S/C16H14F3N5O4/c1-3-27-15(26)9(2)23-8-20-13-12(14(23)25)21-22-24(13)10-4-6-11(7-5-10)28-16(17,18)19/h4-9H,3H2,1-2H3. The Balaban J connectivity index is 1.96. The summed E-state index contributed by atoms with van der Waals surface area (Å²) in [6, 6.07) is 3.90. The summed E-state index contributed by atoms with van der Waals surface area (Å²) in [4.78, 5) is 28.5. The van der Waals surface area contributed by atoms with Gasteiger partial charge in [-0.2, -0.15) is 4.68 Å². The van der Waals surface area contributed by atoms with E-state index in [1.54, 1.807) is 6.92 Å². The van der Waals surface area contributed by atoms with Gasteiger partial charge in [-0.3, -0.25) is 9.36 Å². The first-order valence-electron chi connectivity index (χ1n) is 8.06. The minimum atomic E-state index is -4.80. The number of fused-ring (bicyclic) bond motifs is 1. The molecule has 2 heterocycles. The molecule has 12 heteroatoms. The fraction of sp³-hybridized carbons (Fsp3) is 0.312. The molecule has 2 aromatic heterocycles. The summed E-state index contributed by atoms with van der Waals surface area (Å²) in [7, 11) is 0. The van der Waals surface area contributed by atoms with Gasteiger partial charge in [0.1, 0.15) is 18.1 Å². The van der Waals surface area contributed by atoms with E-state index in [9.17, 15) is 22.8 Å². The van der Waals surface area contributed by atoms with Crippen molar-refractivity contribution < 1.29 is 27.4 Å². The molecule has 0 aliphatic heterocycles. The quantitative estimate of drug-likeness (QED) is 0.607. The normalized spacial score (nSPS) is 12.8. The van der Waals surface area contributed by atoms with Gasteiger partial charge in [-0.25, -0.2) is 9.78 Å². The van der Waals surface area contributed by atoms with E-state index in [-0.39, 0.29) is 17.8 Å². The van der Waals surface area contributed by atoms with Crippen LogP contribution >= 0.6 is 0 Å². The number of nitrogens with zero attached hydrogens (tertiary/aromatic N) is 5. The molecule has 3 rings (SSSR count). The van der Waals surface area contributed by atoms with Crippen LogP contribution in [0, 0.1) is 0 Å². The van der Waals surface area contributed by atoms with Crippen molar-refractivity contribution in [3.05, 3.63) is 40.9 Å². The minimum Gasteiger partial charge on any atom is -0.464 e. The molecule has 0 amide bonds. The minimum absolute atomic E-state index is 0.0850. The molecule has 0 radical (unpaired) electrons. The second-order valence-corrected chi connectivity index (χ2v) is 5.60. The third kappa shape index (κ3) is 3.80. The molecule has 0 saturated carbocycles. The number of rotatable bonds is 5. The van der Waals surface area contributed by atoms with Crippen molar-refractivity contribution in [3.8, 4) is 11.4 Å². The zero-order chi connectivity index (χ0) is 20.5. The lowest BCUT2D eigenvalue weighted by Crippen LogP contribution is -2.29. The summed E-state index contributed by atoms with van der Waals surface area (Å²) in [6.45, 7) is 3.29. The highest BCUT2D eigenvalue weighted by atomic mass is 19.4. The Morgan fingerprint density at radius 1 is 1.25 bits per heavy atom. The Morgan fingerprint density at radius 2 is 1.93 bits per heavy atom. The van der Waals surface area contributed by atoms with Crippen LogP contribution in [0.1, 0.15) is 19.9 Å². The number of hydrogen-bond acceptors (Lipinski definition) is 7. The van der Waals surface area contributed by atoms with Gasteiger partial charge in [0, 0.05) is 0 Å². The van der Waals surface area contributed by atoms with Crippen LogP contribution in [-0.2, 0) is 9.53 Å². The first kappa shape index (κ1) is 19.3. The molecule has 9 nitrogen and oxygen atoms in total. The van der Waals surface area contributed by atoms with Crippen LogP contribution in [0.3, 0.4) is 0 Å². The fourth-order valence-corrected chi connectivity index (χ4v) is 2.44. The van der Waals surface area contributed by atoms with Crippen molar-refractivity contribution in [1.29, 1.82) is 0 Å². The number of halogens is 3. The zero-order valence-corrected chi connectivity index (χ0v) is 14.7. The van der Waals surface area contributed by atoms with Crippen LogP contribution in [0.2, 0.25) is 0 Å². The van der Waals surface area contributed by atoms with Crippen molar-refractivity contribution in [2.24, 2.45) is 0 Å². The molecule has 148 valence electrons. The van der Waals surface area contributed by atoms with E-state index in [1.165, 1.54) is 23.7 Å². The SMILES string of the molecule is CCOC(=O)C(C)n1cnc2c(nnn2-c2ccc(OC(F)(F)F)cc2)c1=O. The zero-order valence-electron chi connectivity index (χ0n) is 14.7. The van der Waals surface area contributed by atoms with Crippen LogP contribution in [0.25, 0.3) is 16.9 Å². The molecule has 0 aliphatic rings. The number of esters is 1. The van der Waals surface area contributed by atoms with Gasteiger partial charge in [0.05, 0.1) is 12.3 Å².